The van der Waals surface area contributed by atoms with Crippen LogP contribution in [0.1, 0.15) is 26.2 Å². The summed E-state index contributed by atoms with van der Waals surface area (Å²) >= 11 is 0. The minimum Gasteiger partial charge on any atom is -0.448 e. The Balaban J connectivity index is 2.01. The summed E-state index contributed by atoms with van der Waals surface area (Å²) in [5, 5.41) is 3.38. The molecule has 0 atom stereocenters. The molecule has 1 heterocycles. The Morgan fingerprint density at radius 2 is 2.19 bits per heavy atom. The summed E-state index contributed by atoms with van der Waals surface area (Å²) in [4.78, 5) is 12.8. The van der Waals surface area contributed by atoms with E-state index >= 15 is 0 Å². The van der Waals surface area contributed by atoms with Crippen molar-refractivity contribution >= 4 is 6.09 Å². The van der Waals surface area contributed by atoms with Gasteiger partial charge in [-0.2, -0.15) is 0 Å². The fraction of sp³-hybridized carbons (Fsp3) is 0.909. The molecule has 0 bridgehead atoms. The van der Waals surface area contributed by atoms with Crippen LogP contribution in [0.15, 0.2) is 0 Å². The molecule has 0 unspecified atom stereocenters. The van der Waals surface area contributed by atoms with Crippen molar-refractivity contribution in [1.29, 1.82) is 0 Å². The second-order valence-corrected chi connectivity index (χ2v) is 4.24. The van der Waals surface area contributed by atoms with E-state index in [4.69, 9.17) is 5.73 Å². The minimum atomic E-state index is -0.695. The molecule has 0 aromatic rings. The molecule has 0 radical (unpaired) electrons. The number of rotatable bonds is 6. The smallest absolute Gasteiger partial charge is 0.404 e. The first kappa shape index (κ1) is 13.3. The van der Waals surface area contributed by atoms with Gasteiger partial charge in [-0.1, -0.05) is 6.92 Å². The third-order valence-corrected chi connectivity index (χ3v) is 2.91. The van der Waals surface area contributed by atoms with Crippen molar-refractivity contribution in [3.05, 3.63) is 0 Å². The number of piperidine rings is 1. The minimum absolute atomic E-state index is 0.366. The highest BCUT2D eigenvalue weighted by molar-refractivity contribution is 5.64. The van der Waals surface area contributed by atoms with Crippen molar-refractivity contribution in [2.24, 2.45) is 5.73 Å². The van der Waals surface area contributed by atoms with Gasteiger partial charge in [0.15, 0.2) is 0 Å². The molecule has 0 saturated carbocycles. The van der Waals surface area contributed by atoms with Crippen LogP contribution in [0.2, 0.25) is 0 Å². The largest absolute Gasteiger partial charge is 0.448 e. The van der Waals surface area contributed by atoms with Crippen LogP contribution in [0.25, 0.3) is 0 Å². The molecule has 5 nitrogen and oxygen atoms in total. The highest BCUT2D eigenvalue weighted by Gasteiger charge is 2.17. The van der Waals surface area contributed by atoms with Crippen LogP contribution >= 0.6 is 0 Å². The summed E-state index contributed by atoms with van der Waals surface area (Å²) in [7, 11) is 0. The molecule has 3 N–H and O–H groups in total. The topological polar surface area (TPSA) is 67.6 Å². The van der Waals surface area contributed by atoms with Gasteiger partial charge in [-0.3, -0.25) is 0 Å². The van der Waals surface area contributed by atoms with E-state index in [-0.39, 0.29) is 0 Å². The lowest BCUT2D eigenvalue weighted by Gasteiger charge is -2.32. The number of hydrogen-bond donors (Lipinski definition) is 2. The number of likely N-dealkylation sites (tertiary alicyclic amines) is 1. The van der Waals surface area contributed by atoms with E-state index in [9.17, 15) is 4.79 Å². The van der Waals surface area contributed by atoms with Crippen LogP contribution in [0.5, 0.6) is 0 Å². The fourth-order valence-corrected chi connectivity index (χ4v) is 2.09. The Morgan fingerprint density at radius 1 is 1.50 bits per heavy atom. The Labute approximate surface area is 97.3 Å². The Bertz CT molecular complexity index is 203. The summed E-state index contributed by atoms with van der Waals surface area (Å²) in [5.41, 5.74) is 4.87. The lowest BCUT2D eigenvalue weighted by Crippen LogP contribution is -2.43. The Kier molecular flexibility index (Phi) is 6.18. The zero-order valence-electron chi connectivity index (χ0n) is 10.1. The van der Waals surface area contributed by atoms with Crippen LogP contribution in [0.3, 0.4) is 0 Å². The molecular weight excluding hydrogens is 206 g/mol. The predicted octanol–water partition coefficient (Wildman–Crippen LogP) is 0.546. The first-order chi connectivity index (χ1) is 7.72. The molecule has 16 heavy (non-hydrogen) atoms. The lowest BCUT2D eigenvalue weighted by atomic mass is 10.1. The van der Waals surface area contributed by atoms with Crippen LogP contribution in [0.4, 0.5) is 4.79 Å². The van der Waals surface area contributed by atoms with Gasteiger partial charge in [0, 0.05) is 12.6 Å². The van der Waals surface area contributed by atoms with Crippen LogP contribution in [-0.4, -0.2) is 49.8 Å². The number of carbonyl (C=O) groups excluding carboxylic acids is 1. The van der Waals surface area contributed by atoms with E-state index in [2.05, 4.69) is 21.9 Å². The first-order valence-corrected chi connectivity index (χ1v) is 6.10. The van der Waals surface area contributed by atoms with E-state index in [1.807, 2.05) is 0 Å². The molecule has 0 aromatic heterocycles. The molecule has 94 valence electrons. The average Bonchev–Trinajstić information content (AvgIpc) is 2.27. The van der Waals surface area contributed by atoms with Gasteiger partial charge in [0.2, 0.25) is 0 Å². The van der Waals surface area contributed by atoms with Gasteiger partial charge in [0.1, 0.15) is 6.61 Å². The molecule has 1 saturated heterocycles. The Hall–Kier alpha value is -0.810. The molecule has 0 spiro atoms. The number of nitrogens with two attached hydrogens (primary N) is 1. The van der Waals surface area contributed by atoms with E-state index in [1.165, 1.54) is 38.9 Å². The van der Waals surface area contributed by atoms with Crippen molar-refractivity contribution in [2.75, 3.05) is 32.8 Å². The number of nitrogens with one attached hydrogen (secondary N) is 1. The molecule has 0 aliphatic carbocycles. The fourth-order valence-electron chi connectivity index (χ4n) is 2.09. The lowest BCUT2D eigenvalue weighted by molar-refractivity contribution is 0.151. The number of hydrogen-bond acceptors (Lipinski definition) is 4. The number of nitrogens with zero attached hydrogens (tertiary/aromatic N) is 1. The van der Waals surface area contributed by atoms with Crippen LogP contribution < -0.4 is 11.1 Å². The highest BCUT2D eigenvalue weighted by atomic mass is 16.5. The van der Waals surface area contributed by atoms with Crippen molar-refractivity contribution < 1.29 is 9.53 Å². The van der Waals surface area contributed by atoms with Gasteiger partial charge in [0.25, 0.3) is 0 Å². The number of carbonyl (C=O) groups is 1. The molecule has 1 rings (SSSR count). The van der Waals surface area contributed by atoms with E-state index in [0.717, 1.165) is 0 Å². The van der Waals surface area contributed by atoms with Crippen molar-refractivity contribution in [2.45, 2.75) is 32.2 Å². The summed E-state index contributed by atoms with van der Waals surface area (Å²) in [6.45, 7) is 6.82. The summed E-state index contributed by atoms with van der Waals surface area (Å²) < 4.78 is 4.66. The second-order valence-electron chi connectivity index (χ2n) is 4.24. The number of amides is 1. The first-order valence-electron chi connectivity index (χ1n) is 6.10. The number of ether oxygens (including phenoxy) is 1. The third-order valence-electron chi connectivity index (χ3n) is 2.91. The van der Waals surface area contributed by atoms with E-state index in [1.54, 1.807) is 0 Å². The summed E-state index contributed by atoms with van der Waals surface area (Å²) in [5.74, 6) is 0. The third kappa shape index (κ3) is 5.32. The molecule has 0 aromatic carbocycles. The quantitative estimate of drug-likeness (QED) is 0.653. The van der Waals surface area contributed by atoms with Crippen LogP contribution in [-0.2, 0) is 4.74 Å². The summed E-state index contributed by atoms with van der Waals surface area (Å²) in [6.07, 6.45) is 2.89. The van der Waals surface area contributed by atoms with Crippen molar-refractivity contribution in [1.82, 2.24) is 10.2 Å². The van der Waals surface area contributed by atoms with E-state index in [0.29, 0.717) is 19.2 Å². The summed E-state index contributed by atoms with van der Waals surface area (Å²) in [6, 6.07) is 0.560. The molecule has 1 aliphatic rings. The van der Waals surface area contributed by atoms with E-state index < -0.39 is 6.09 Å². The van der Waals surface area contributed by atoms with Gasteiger partial charge < -0.3 is 20.7 Å². The second kappa shape index (κ2) is 7.46. The predicted molar refractivity (Wildman–Crippen MR) is 63.3 cm³/mol. The maximum Gasteiger partial charge on any atom is 0.404 e. The average molecular weight is 229 g/mol. The molecule has 5 heteroatoms. The maximum atomic E-state index is 10.3. The monoisotopic (exact) mass is 229 g/mol. The highest BCUT2D eigenvalue weighted by Crippen LogP contribution is 2.10. The Morgan fingerprint density at radius 3 is 2.75 bits per heavy atom. The molecule has 1 fully saturated rings. The van der Waals surface area contributed by atoms with Crippen LogP contribution in [0, 0.1) is 0 Å². The normalized spacial score (nSPS) is 18.6. The maximum absolute atomic E-state index is 10.3. The van der Waals surface area contributed by atoms with Gasteiger partial charge in [-0.05, 0) is 38.9 Å². The number of primary amides is 1. The standard InChI is InChI=1S/C11H23N3O2/c1-2-6-14-7-3-10(4-8-14)13-5-9-16-11(12)15/h10,13H,2-9H2,1H3,(H2,12,15). The van der Waals surface area contributed by atoms with Gasteiger partial charge in [-0.15, -0.1) is 0 Å². The van der Waals surface area contributed by atoms with Gasteiger partial charge >= 0.3 is 6.09 Å². The molecular formula is C11H23N3O2. The van der Waals surface area contributed by atoms with Gasteiger partial charge in [0.05, 0.1) is 0 Å². The van der Waals surface area contributed by atoms with Gasteiger partial charge in [-0.25, -0.2) is 4.79 Å². The zero-order valence-corrected chi connectivity index (χ0v) is 10.1. The van der Waals surface area contributed by atoms with Crippen molar-refractivity contribution in [3.8, 4) is 0 Å². The zero-order chi connectivity index (χ0) is 11.8. The molecule has 1 amide bonds. The van der Waals surface area contributed by atoms with Crippen molar-refractivity contribution in [3.63, 3.8) is 0 Å². The molecule has 1 aliphatic heterocycles. The SMILES string of the molecule is CCCN1CCC(NCCOC(N)=O)CC1.